The van der Waals surface area contributed by atoms with Gasteiger partial charge in [0.25, 0.3) is 0 Å². The molecule has 0 aliphatic heterocycles. The van der Waals surface area contributed by atoms with Gasteiger partial charge in [-0.1, -0.05) is 13.8 Å². The van der Waals surface area contributed by atoms with Crippen molar-refractivity contribution in [3.63, 3.8) is 0 Å². The number of carbonyl (C=O) groups is 1. The fourth-order valence-electron chi connectivity index (χ4n) is 1.93. The van der Waals surface area contributed by atoms with Crippen molar-refractivity contribution in [3.05, 3.63) is 0 Å². The van der Waals surface area contributed by atoms with Crippen LogP contribution in [0.2, 0.25) is 0 Å². The van der Waals surface area contributed by atoms with Crippen LogP contribution in [-0.2, 0) is 4.79 Å². The molecule has 1 rings (SSSR count). The zero-order valence-corrected chi connectivity index (χ0v) is 7.42. The lowest BCUT2D eigenvalue weighted by Crippen LogP contribution is -2.31. The van der Waals surface area contributed by atoms with Gasteiger partial charge < -0.3 is 5.11 Å². The maximum atomic E-state index is 10.9. The van der Waals surface area contributed by atoms with Gasteiger partial charge in [0.15, 0.2) is 0 Å². The first-order valence-electron chi connectivity index (χ1n) is 4.22. The Hall–Kier alpha value is -0.530. The van der Waals surface area contributed by atoms with Crippen molar-refractivity contribution in [3.8, 4) is 0 Å². The van der Waals surface area contributed by atoms with E-state index in [-0.39, 0.29) is 0 Å². The Morgan fingerprint density at radius 3 is 2.27 bits per heavy atom. The van der Waals surface area contributed by atoms with Crippen LogP contribution < -0.4 is 0 Å². The van der Waals surface area contributed by atoms with Crippen LogP contribution in [0.4, 0.5) is 0 Å². The summed E-state index contributed by atoms with van der Waals surface area (Å²) in [6.07, 6.45) is 1.90. The molecule has 0 bridgehead atoms. The second-order valence-electron chi connectivity index (χ2n) is 4.03. The molecule has 1 N–H and O–H groups in total. The minimum Gasteiger partial charge on any atom is -0.481 e. The average molecular weight is 156 g/mol. The van der Waals surface area contributed by atoms with Crippen LogP contribution >= 0.6 is 0 Å². The molecule has 0 heterocycles. The highest BCUT2D eigenvalue weighted by Gasteiger charge is 2.45. The monoisotopic (exact) mass is 156 g/mol. The quantitative estimate of drug-likeness (QED) is 0.631. The van der Waals surface area contributed by atoms with Gasteiger partial charge in [0.2, 0.25) is 0 Å². The molecule has 0 amide bonds. The third kappa shape index (κ3) is 1.15. The fourth-order valence-corrected chi connectivity index (χ4v) is 1.93. The normalized spacial score (nSPS) is 44.3. The van der Waals surface area contributed by atoms with Gasteiger partial charge in [0, 0.05) is 0 Å². The number of rotatable bonds is 1. The zero-order chi connectivity index (χ0) is 8.65. The van der Waals surface area contributed by atoms with Gasteiger partial charge in [-0.05, 0) is 31.6 Å². The summed E-state index contributed by atoms with van der Waals surface area (Å²) in [4.78, 5) is 10.9. The van der Waals surface area contributed by atoms with Crippen molar-refractivity contribution in [2.24, 2.45) is 17.3 Å². The summed E-state index contributed by atoms with van der Waals surface area (Å²) >= 11 is 0. The van der Waals surface area contributed by atoms with E-state index in [1.807, 2.05) is 13.8 Å². The molecule has 0 radical (unpaired) electrons. The van der Waals surface area contributed by atoms with Gasteiger partial charge in [-0.25, -0.2) is 0 Å². The second-order valence-corrected chi connectivity index (χ2v) is 4.03. The van der Waals surface area contributed by atoms with E-state index in [4.69, 9.17) is 5.11 Å². The molecule has 0 aromatic heterocycles. The number of carboxylic acid groups (broad SMARTS) is 1. The van der Waals surface area contributed by atoms with E-state index in [9.17, 15) is 4.79 Å². The van der Waals surface area contributed by atoms with E-state index in [1.165, 1.54) is 0 Å². The minimum atomic E-state index is -0.630. The van der Waals surface area contributed by atoms with Gasteiger partial charge in [-0.15, -0.1) is 0 Å². The standard InChI is InChI=1S/C9H16O2/c1-6-4-5-9(3,7(6)2)8(10)11/h6-7H,4-5H2,1-3H3,(H,10,11). The van der Waals surface area contributed by atoms with E-state index in [0.717, 1.165) is 12.8 Å². The summed E-state index contributed by atoms with van der Waals surface area (Å²) in [5.74, 6) is 0.255. The first-order valence-corrected chi connectivity index (χ1v) is 4.22. The van der Waals surface area contributed by atoms with Gasteiger partial charge in [0.05, 0.1) is 5.41 Å². The Labute approximate surface area is 67.6 Å². The van der Waals surface area contributed by atoms with Crippen LogP contribution in [0, 0.1) is 17.3 Å². The van der Waals surface area contributed by atoms with E-state index in [0.29, 0.717) is 11.8 Å². The lowest BCUT2D eigenvalue weighted by atomic mass is 9.79. The molecule has 1 saturated carbocycles. The summed E-state index contributed by atoms with van der Waals surface area (Å²) in [5.41, 5.74) is -0.459. The van der Waals surface area contributed by atoms with Gasteiger partial charge >= 0.3 is 5.97 Å². The van der Waals surface area contributed by atoms with Crippen molar-refractivity contribution >= 4 is 5.97 Å². The Bertz CT molecular complexity index is 176. The summed E-state index contributed by atoms with van der Waals surface area (Å²) in [5, 5.41) is 8.96. The molecule has 11 heavy (non-hydrogen) atoms. The second kappa shape index (κ2) is 2.50. The summed E-state index contributed by atoms with van der Waals surface area (Å²) in [6.45, 7) is 6.05. The van der Waals surface area contributed by atoms with Crippen LogP contribution in [0.1, 0.15) is 33.6 Å². The lowest BCUT2D eigenvalue weighted by molar-refractivity contribution is -0.150. The van der Waals surface area contributed by atoms with Crippen molar-refractivity contribution in [2.45, 2.75) is 33.6 Å². The molecule has 0 aromatic rings. The lowest BCUT2D eigenvalue weighted by Gasteiger charge is -2.25. The highest BCUT2D eigenvalue weighted by atomic mass is 16.4. The molecule has 3 unspecified atom stereocenters. The number of hydrogen-bond donors (Lipinski definition) is 1. The van der Waals surface area contributed by atoms with Crippen LogP contribution in [-0.4, -0.2) is 11.1 Å². The molecule has 2 nitrogen and oxygen atoms in total. The molecule has 1 aliphatic carbocycles. The van der Waals surface area contributed by atoms with Gasteiger partial charge in [-0.2, -0.15) is 0 Å². The third-order valence-corrected chi connectivity index (χ3v) is 3.47. The highest BCUT2D eigenvalue weighted by Crippen LogP contribution is 2.46. The molecule has 0 spiro atoms. The average Bonchev–Trinajstić information content (AvgIpc) is 2.18. The molecule has 0 saturated heterocycles. The highest BCUT2D eigenvalue weighted by molar-refractivity contribution is 5.75. The molecule has 3 atom stereocenters. The van der Waals surface area contributed by atoms with E-state index in [1.54, 1.807) is 0 Å². The summed E-state index contributed by atoms with van der Waals surface area (Å²) in [6, 6.07) is 0. The Morgan fingerprint density at radius 2 is 2.09 bits per heavy atom. The Kier molecular flexibility index (Phi) is 1.95. The smallest absolute Gasteiger partial charge is 0.309 e. The molecular formula is C9H16O2. The predicted molar refractivity (Wildman–Crippen MR) is 43.3 cm³/mol. The summed E-state index contributed by atoms with van der Waals surface area (Å²) < 4.78 is 0. The molecule has 1 fully saturated rings. The SMILES string of the molecule is CC1CCC(C)(C(=O)O)C1C. The summed E-state index contributed by atoms with van der Waals surface area (Å²) in [7, 11) is 0. The fraction of sp³-hybridized carbons (Fsp3) is 0.889. The van der Waals surface area contributed by atoms with E-state index in [2.05, 4.69) is 6.92 Å². The maximum Gasteiger partial charge on any atom is 0.309 e. The predicted octanol–water partition coefficient (Wildman–Crippen LogP) is 2.14. The topological polar surface area (TPSA) is 37.3 Å². The maximum absolute atomic E-state index is 10.9. The number of aliphatic carboxylic acids is 1. The Morgan fingerprint density at radius 1 is 1.55 bits per heavy atom. The molecule has 2 heteroatoms. The van der Waals surface area contributed by atoms with Crippen molar-refractivity contribution < 1.29 is 9.90 Å². The van der Waals surface area contributed by atoms with E-state index < -0.39 is 11.4 Å². The van der Waals surface area contributed by atoms with Crippen LogP contribution in [0.15, 0.2) is 0 Å². The van der Waals surface area contributed by atoms with Crippen LogP contribution in [0.5, 0.6) is 0 Å². The number of hydrogen-bond acceptors (Lipinski definition) is 1. The first kappa shape index (κ1) is 8.57. The molecule has 1 aliphatic rings. The van der Waals surface area contributed by atoms with Gasteiger partial charge in [-0.3, -0.25) is 4.79 Å². The minimum absolute atomic E-state index is 0.319. The number of carboxylic acids is 1. The van der Waals surface area contributed by atoms with Crippen molar-refractivity contribution in [2.75, 3.05) is 0 Å². The molecular weight excluding hydrogens is 140 g/mol. The van der Waals surface area contributed by atoms with Crippen molar-refractivity contribution in [1.82, 2.24) is 0 Å². The zero-order valence-electron chi connectivity index (χ0n) is 7.42. The van der Waals surface area contributed by atoms with Crippen LogP contribution in [0.3, 0.4) is 0 Å². The molecule has 64 valence electrons. The molecule has 0 aromatic carbocycles. The van der Waals surface area contributed by atoms with Crippen molar-refractivity contribution in [1.29, 1.82) is 0 Å². The Balaban J connectivity index is 2.81. The van der Waals surface area contributed by atoms with E-state index >= 15 is 0 Å². The third-order valence-electron chi connectivity index (χ3n) is 3.47. The van der Waals surface area contributed by atoms with Crippen LogP contribution in [0.25, 0.3) is 0 Å². The van der Waals surface area contributed by atoms with Gasteiger partial charge in [0.1, 0.15) is 0 Å². The largest absolute Gasteiger partial charge is 0.481 e. The first-order chi connectivity index (χ1) is 4.98.